The third kappa shape index (κ3) is 6.56. The molecule has 0 aliphatic heterocycles. The second-order valence-electron chi connectivity index (χ2n) is 3.82. The number of aliphatic carboxylic acids is 1. The first-order valence-corrected chi connectivity index (χ1v) is 6.41. The molecule has 0 bridgehead atoms. The van der Waals surface area contributed by atoms with E-state index in [1.807, 2.05) is 0 Å². The van der Waals surface area contributed by atoms with E-state index in [2.05, 4.69) is 0 Å². The van der Waals surface area contributed by atoms with E-state index in [0.29, 0.717) is 42.8 Å². The summed E-state index contributed by atoms with van der Waals surface area (Å²) in [5.74, 6) is -0.468. The standard InChI is InChI=1S/C14H17ClO5/c1-18-6-7-19-8-9-20-13-4-2-11(10-12(13)15)3-5-14(16)17/h2-5,10H,6-9H2,1H3,(H,16,17). The van der Waals surface area contributed by atoms with Crippen LogP contribution in [0.4, 0.5) is 0 Å². The average molecular weight is 301 g/mol. The molecule has 5 nitrogen and oxygen atoms in total. The average Bonchev–Trinajstić information content (AvgIpc) is 2.42. The Labute approximate surface area is 122 Å². The molecule has 1 aromatic rings. The molecule has 0 aliphatic rings. The first-order chi connectivity index (χ1) is 9.63. The summed E-state index contributed by atoms with van der Waals surface area (Å²) in [6.45, 7) is 1.89. The number of methoxy groups -OCH3 is 1. The number of benzene rings is 1. The fourth-order valence-electron chi connectivity index (χ4n) is 1.36. The van der Waals surface area contributed by atoms with Crippen molar-refractivity contribution in [1.29, 1.82) is 0 Å². The lowest BCUT2D eigenvalue weighted by Gasteiger charge is -2.09. The molecule has 0 radical (unpaired) electrons. The van der Waals surface area contributed by atoms with Crippen molar-refractivity contribution < 1.29 is 24.1 Å². The number of carboxylic acids is 1. The third-order valence-corrected chi connectivity index (χ3v) is 2.59. The first kappa shape index (κ1) is 16.5. The minimum absolute atomic E-state index is 0.383. The topological polar surface area (TPSA) is 65.0 Å². The van der Waals surface area contributed by atoms with Crippen molar-refractivity contribution in [2.45, 2.75) is 0 Å². The highest BCUT2D eigenvalue weighted by Gasteiger charge is 2.02. The maximum Gasteiger partial charge on any atom is 0.328 e. The molecule has 0 saturated carbocycles. The highest BCUT2D eigenvalue weighted by atomic mass is 35.5. The molecule has 1 rings (SSSR count). The second-order valence-corrected chi connectivity index (χ2v) is 4.22. The molecule has 110 valence electrons. The van der Waals surface area contributed by atoms with Crippen molar-refractivity contribution in [3.05, 3.63) is 34.9 Å². The van der Waals surface area contributed by atoms with Gasteiger partial charge in [-0.3, -0.25) is 0 Å². The molecule has 0 amide bonds. The van der Waals surface area contributed by atoms with Crippen LogP contribution in [0.2, 0.25) is 5.02 Å². The molecule has 20 heavy (non-hydrogen) atoms. The monoisotopic (exact) mass is 300 g/mol. The Balaban J connectivity index is 2.42. The summed E-state index contributed by atoms with van der Waals surface area (Å²) < 4.78 is 15.6. The molecule has 0 fully saturated rings. The molecule has 0 aromatic heterocycles. The van der Waals surface area contributed by atoms with Crippen LogP contribution in [0.1, 0.15) is 5.56 Å². The van der Waals surface area contributed by atoms with Crippen LogP contribution in [0.15, 0.2) is 24.3 Å². The van der Waals surface area contributed by atoms with Crippen LogP contribution in [-0.4, -0.2) is 44.6 Å². The van der Waals surface area contributed by atoms with Gasteiger partial charge in [-0.15, -0.1) is 0 Å². The van der Waals surface area contributed by atoms with E-state index in [-0.39, 0.29) is 0 Å². The number of carbonyl (C=O) groups is 1. The van der Waals surface area contributed by atoms with E-state index in [1.165, 1.54) is 6.08 Å². The Morgan fingerprint density at radius 2 is 2.05 bits per heavy atom. The summed E-state index contributed by atoms with van der Waals surface area (Å²) in [6, 6.07) is 5.06. The van der Waals surface area contributed by atoms with Gasteiger partial charge in [0.2, 0.25) is 0 Å². The SMILES string of the molecule is COCCOCCOc1ccc(C=CC(=O)O)cc1Cl. The fraction of sp³-hybridized carbons (Fsp3) is 0.357. The molecule has 1 aromatic carbocycles. The zero-order valence-electron chi connectivity index (χ0n) is 11.2. The van der Waals surface area contributed by atoms with E-state index < -0.39 is 5.97 Å². The molecule has 0 spiro atoms. The maximum atomic E-state index is 10.4. The van der Waals surface area contributed by atoms with Crippen molar-refractivity contribution in [2.24, 2.45) is 0 Å². The normalized spacial score (nSPS) is 10.9. The number of ether oxygens (including phenoxy) is 3. The number of halogens is 1. The van der Waals surface area contributed by atoms with Crippen molar-refractivity contribution in [3.8, 4) is 5.75 Å². The summed E-state index contributed by atoms with van der Waals surface area (Å²) in [6.07, 6.45) is 2.52. The molecular formula is C14H17ClO5. The van der Waals surface area contributed by atoms with Gasteiger partial charge in [-0.2, -0.15) is 0 Å². The van der Waals surface area contributed by atoms with E-state index >= 15 is 0 Å². The summed E-state index contributed by atoms with van der Waals surface area (Å²) in [4.78, 5) is 10.4. The summed E-state index contributed by atoms with van der Waals surface area (Å²) in [7, 11) is 1.61. The molecule has 0 atom stereocenters. The first-order valence-electron chi connectivity index (χ1n) is 6.03. The molecule has 0 aliphatic carbocycles. The van der Waals surface area contributed by atoms with Crippen molar-refractivity contribution in [1.82, 2.24) is 0 Å². The molecule has 0 unspecified atom stereocenters. The van der Waals surface area contributed by atoms with Gasteiger partial charge in [0.15, 0.2) is 0 Å². The van der Waals surface area contributed by atoms with Crippen LogP contribution in [0.3, 0.4) is 0 Å². The Morgan fingerprint density at radius 1 is 1.30 bits per heavy atom. The zero-order chi connectivity index (χ0) is 14.8. The Kier molecular flexibility index (Phi) is 7.72. The van der Waals surface area contributed by atoms with E-state index in [9.17, 15) is 4.79 Å². The highest BCUT2D eigenvalue weighted by Crippen LogP contribution is 2.25. The number of hydrogen-bond donors (Lipinski definition) is 1. The van der Waals surface area contributed by atoms with Crippen LogP contribution in [0, 0.1) is 0 Å². The number of carboxylic acid groups (broad SMARTS) is 1. The van der Waals surface area contributed by atoms with Crippen molar-refractivity contribution >= 4 is 23.6 Å². The summed E-state index contributed by atoms with van der Waals surface area (Å²) in [5, 5.41) is 8.96. The largest absolute Gasteiger partial charge is 0.490 e. The Morgan fingerprint density at radius 3 is 2.70 bits per heavy atom. The minimum atomic E-state index is -1.00. The van der Waals surface area contributed by atoms with Gasteiger partial charge in [0, 0.05) is 13.2 Å². The number of rotatable bonds is 9. The smallest absolute Gasteiger partial charge is 0.328 e. The summed E-state index contributed by atoms with van der Waals surface area (Å²) in [5.41, 5.74) is 0.695. The van der Waals surface area contributed by atoms with Gasteiger partial charge >= 0.3 is 5.97 Å². The fourth-order valence-corrected chi connectivity index (χ4v) is 1.60. The Hall–Kier alpha value is -1.56. The van der Waals surface area contributed by atoms with Crippen LogP contribution in [-0.2, 0) is 14.3 Å². The predicted molar refractivity (Wildman–Crippen MR) is 76.3 cm³/mol. The molecular weight excluding hydrogens is 284 g/mol. The van der Waals surface area contributed by atoms with Gasteiger partial charge in [-0.05, 0) is 23.8 Å². The van der Waals surface area contributed by atoms with Crippen LogP contribution in [0.25, 0.3) is 6.08 Å². The minimum Gasteiger partial charge on any atom is -0.490 e. The second kappa shape index (κ2) is 9.36. The van der Waals surface area contributed by atoms with E-state index in [1.54, 1.807) is 25.3 Å². The quantitative estimate of drug-likeness (QED) is 0.560. The van der Waals surface area contributed by atoms with Crippen molar-refractivity contribution in [3.63, 3.8) is 0 Å². The highest BCUT2D eigenvalue weighted by molar-refractivity contribution is 6.32. The third-order valence-electron chi connectivity index (χ3n) is 2.29. The predicted octanol–water partition coefficient (Wildman–Crippen LogP) is 2.48. The van der Waals surface area contributed by atoms with E-state index in [0.717, 1.165) is 6.08 Å². The lowest BCUT2D eigenvalue weighted by atomic mass is 10.2. The number of hydrogen-bond acceptors (Lipinski definition) is 4. The zero-order valence-corrected chi connectivity index (χ0v) is 11.9. The van der Waals surface area contributed by atoms with Gasteiger partial charge < -0.3 is 19.3 Å². The van der Waals surface area contributed by atoms with Crippen LogP contribution in [0.5, 0.6) is 5.75 Å². The van der Waals surface area contributed by atoms with Gasteiger partial charge in [-0.1, -0.05) is 17.7 Å². The molecule has 1 N–H and O–H groups in total. The van der Waals surface area contributed by atoms with Crippen LogP contribution >= 0.6 is 11.6 Å². The van der Waals surface area contributed by atoms with Crippen molar-refractivity contribution in [2.75, 3.05) is 33.5 Å². The molecule has 0 saturated heterocycles. The lowest BCUT2D eigenvalue weighted by Crippen LogP contribution is -2.10. The van der Waals surface area contributed by atoms with Gasteiger partial charge in [0.05, 0.1) is 24.8 Å². The van der Waals surface area contributed by atoms with Crippen LogP contribution < -0.4 is 4.74 Å². The molecule has 0 heterocycles. The van der Waals surface area contributed by atoms with Gasteiger partial charge in [-0.25, -0.2) is 4.79 Å². The van der Waals surface area contributed by atoms with Gasteiger partial charge in [0.25, 0.3) is 0 Å². The van der Waals surface area contributed by atoms with Gasteiger partial charge in [0.1, 0.15) is 12.4 Å². The maximum absolute atomic E-state index is 10.4. The summed E-state index contributed by atoms with van der Waals surface area (Å²) >= 11 is 6.04. The lowest BCUT2D eigenvalue weighted by molar-refractivity contribution is -0.131. The molecule has 6 heteroatoms. The Bertz CT molecular complexity index is 459. The van der Waals surface area contributed by atoms with E-state index in [4.69, 9.17) is 30.9 Å².